The molecule has 1 saturated heterocycles. The third-order valence-corrected chi connectivity index (χ3v) is 12.0. The molecular formula is C47H46ClF4N7O7. The maximum Gasteiger partial charge on any atom is 0.418 e. The van der Waals surface area contributed by atoms with E-state index in [4.69, 9.17) is 35.3 Å². The Hall–Kier alpha value is -6.79. The molecule has 3 N–H and O–H groups in total. The fourth-order valence-electron chi connectivity index (χ4n) is 8.21. The fourth-order valence-corrected chi connectivity index (χ4v) is 8.53. The molecule has 0 bridgehead atoms. The zero-order valence-corrected chi connectivity index (χ0v) is 37.1. The van der Waals surface area contributed by atoms with E-state index in [1.807, 2.05) is 24.3 Å². The van der Waals surface area contributed by atoms with Crippen LogP contribution in [-0.4, -0.2) is 66.8 Å². The number of hydrogen-bond acceptors (Lipinski definition) is 12. The highest BCUT2D eigenvalue weighted by molar-refractivity contribution is 6.33. The Balaban J connectivity index is 1.32. The Morgan fingerprint density at radius 2 is 1.70 bits per heavy atom. The molecule has 14 nitrogen and oxygen atoms in total. The van der Waals surface area contributed by atoms with E-state index in [0.29, 0.717) is 43.1 Å². The lowest BCUT2D eigenvalue weighted by molar-refractivity contribution is -0.137. The number of anilines is 2. The van der Waals surface area contributed by atoms with Gasteiger partial charge >= 0.3 is 18.2 Å². The number of carboxylic acid groups (broad SMARTS) is 1. The average Bonchev–Trinajstić information content (AvgIpc) is 3.47. The quantitative estimate of drug-likeness (QED) is 0.0916. The van der Waals surface area contributed by atoms with E-state index in [2.05, 4.69) is 25.6 Å². The van der Waals surface area contributed by atoms with Crippen molar-refractivity contribution in [3.05, 3.63) is 134 Å². The lowest BCUT2D eigenvalue weighted by atomic mass is 9.98. The number of rotatable bonds is 14. The first-order valence-electron chi connectivity index (χ1n) is 21.0. The van der Waals surface area contributed by atoms with Crippen LogP contribution in [0.3, 0.4) is 0 Å². The summed E-state index contributed by atoms with van der Waals surface area (Å²) in [5.41, 5.74) is -0.861. The highest BCUT2D eigenvalue weighted by atomic mass is 35.5. The Bertz CT molecular complexity index is 2720. The van der Waals surface area contributed by atoms with E-state index in [-0.39, 0.29) is 71.8 Å². The van der Waals surface area contributed by atoms with Crippen LogP contribution in [-0.2, 0) is 28.7 Å². The maximum absolute atomic E-state index is 18.0. The van der Waals surface area contributed by atoms with Crippen molar-refractivity contribution in [2.75, 3.05) is 50.9 Å². The predicted octanol–water partition coefficient (Wildman–Crippen LogP) is 8.52. The summed E-state index contributed by atoms with van der Waals surface area (Å²) >= 11 is 7.15. The molecule has 1 fully saturated rings. The summed E-state index contributed by atoms with van der Waals surface area (Å²) in [6.07, 6.45) is -2.08. The molecule has 3 aliphatic rings. The molecular weight excluding hydrogens is 886 g/mol. The summed E-state index contributed by atoms with van der Waals surface area (Å²) in [6, 6.07) is 18.3. The molecule has 1 atom stereocenters. The van der Waals surface area contributed by atoms with E-state index in [9.17, 15) is 9.90 Å². The molecule has 19 heteroatoms. The van der Waals surface area contributed by atoms with Crippen molar-refractivity contribution in [2.45, 2.75) is 52.0 Å². The lowest BCUT2D eigenvalue weighted by Gasteiger charge is -2.31. The first-order chi connectivity index (χ1) is 31.7. The number of methoxy groups -OCH3 is 2. The summed E-state index contributed by atoms with van der Waals surface area (Å²) in [5.74, 6) is -0.298. The molecule has 3 aromatic carbocycles. The Morgan fingerprint density at radius 1 is 1.05 bits per heavy atom. The number of alkyl halides is 3. The van der Waals surface area contributed by atoms with Crippen molar-refractivity contribution in [1.82, 2.24) is 20.2 Å². The summed E-state index contributed by atoms with van der Waals surface area (Å²) in [4.78, 5) is 28.7. The van der Waals surface area contributed by atoms with E-state index >= 15 is 17.6 Å². The van der Waals surface area contributed by atoms with Crippen LogP contribution >= 0.6 is 11.6 Å². The minimum absolute atomic E-state index is 0.000950. The Labute approximate surface area is 382 Å². The van der Waals surface area contributed by atoms with E-state index in [0.717, 1.165) is 11.1 Å². The molecule has 2 aromatic heterocycles. The lowest BCUT2D eigenvalue weighted by Crippen LogP contribution is -2.45. The summed E-state index contributed by atoms with van der Waals surface area (Å²) in [6.45, 7) is 4.48. The van der Waals surface area contributed by atoms with Crippen LogP contribution in [0.4, 0.5) is 34.0 Å². The monoisotopic (exact) mass is 931 g/mol. The van der Waals surface area contributed by atoms with Crippen molar-refractivity contribution in [3.63, 3.8) is 0 Å². The number of aromatic nitrogens is 2. The maximum atomic E-state index is 18.0. The van der Waals surface area contributed by atoms with Crippen molar-refractivity contribution in [1.29, 1.82) is 0 Å². The minimum Gasteiger partial charge on any atom is -0.497 e. The first kappa shape index (κ1) is 45.8. The van der Waals surface area contributed by atoms with Gasteiger partial charge in [0.15, 0.2) is 11.6 Å². The number of benzene rings is 3. The Morgan fingerprint density at radius 3 is 2.30 bits per heavy atom. The molecule has 3 aliphatic heterocycles. The molecule has 8 rings (SSSR count). The molecule has 0 saturated carbocycles. The Kier molecular flexibility index (Phi) is 13.4. The topological polar surface area (TPSA) is 152 Å². The van der Waals surface area contributed by atoms with Gasteiger partial charge in [0.25, 0.3) is 0 Å². The first-order valence-corrected chi connectivity index (χ1v) is 21.4. The second kappa shape index (κ2) is 19.4. The van der Waals surface area contributed by atoms with Gasteiger partial charge < -0.3 is 43.9 Å². The van der Waals surface area contributed by atoms with Gasteiger partial charge in [0.2, 0.25) is 0 Å². The van der Waals surface area contributed by atoms with Crippen LogP contribution in [0.15, 0.2) is 90.1 Å². The van der Waals surface area contributed by atoms with E-state index < -0.39 is 51.7 Å². The number of hydrogen-bond donors (Lipinski definition) is 3. The number of amides is 1. The standard InChI is InChI=1S/C47H46ClF4N7O7/c1-26-20-34(58(21-28-7-11-31(62-3)12-8-28)22-29-9-13-32(63-4)14-10-29)56-41(38(26)47(50,51)52)36-39(48)42-37-43(40(36)49)66-35(65-24-30-15-18-64-19-16-30)23-59(45(37)55-25-54-42)27(2)33-6-5-17-53-44(33)57-46(60)61/h5-14,17,20,23,27,30,55H,15-16,18-19,21-22,24-25H2,1-4H3,(H,53,57)(H,60,61). The molecule has 346 valence electrons. The molecule has 0 spiro atoms. The molecule has 66 heavy (non-hydrogen) atoms. The molecule has 0 aliphatic carbocycles. The van der Waals surface area contributed by atoms with Crippen LogP contribution in [0.2, 0.25) is 5.02 Å². The largest absolute Gasteiger partial charge is 0.497 e. The normalized spacial score (nSPS) is 15.3. The van der Waals surface area contributed by atoms with Crippen LogP contribution in [0.5, 0.6) is 17.2 Å². The number of nitrogens with zero attached hydrogens (tertiary/aromatic N) is 5. The molecule has 5 aromatic rings. The average molecular weight is 932 g/mol. The predicted molar refractivity (Wildman–Crippen MR) is 237 cm³/mol. The van der Waals surface area contributed by atoms with Crippen molar-refractivity contribution in [3.8, 4) is 28.5 Å². The van der Waals surface area contributed by atoms with Gasteiger partial charge in [0, 0.05) is 38.1 Å². The number of halogens is 5. The second-order valence-corrected chi connectivity index (χ2v) is 16.2. The summed E-state index contributed by atoms with van der Waals surface area (Å²) in [7, 11) is 3.09. The van der Waals surface area contributed by atoms with Crippen LogP contribution in [0, 0.1) is 18.7 Å². The van der Waals surface area contributed by atoms with Crippen molar-refractivity contribution >= 4 is 35.2 Å². The second-order valence-electron chi connectivity index (χ2n) is 15.8. The zero-order chi connectivity index (χ0) is 46.7. The molecule has 1 amide bonds. The summed E-state index contributed by atoms with van der Waals surface area (Å²) in [5, 5.41) is 14.6. The van der Waals surface area contributed by atoms with Gasteiger partial charge in [0.05, 0.1) is 65.5 Å². The third-order valence-electron chi connectivity index (χ3n) is 11.6. The van der Waals surface area contributed by atoms with Crippen LogP contribution < -0.4 is 40.3 Å². The minimum atomic E-state index is -5.02. The number of nitrogens with one attached hydrogen (secondary N) is 2. The number of aryl methyl sites for hydroxylation is 1. The number of ether oxygens (including phenoxy) is 5. The number of pyridine rings is 2. The van der Waals surface area contributed by atoms with Gasteiger partial charge in [-0.2, -0.15) is 13.2 Å². The van der Waals surface area contributed by atoms with Gasteiger partial charge in [-0.15, -0.1) is 0 Å². The fraction of sp³-hybridized carbons (Fsp3) is 0.319. The highest BCUT2D eigenvalue weighted by Gasteiger charge is 2.41. The van der Waals surface area contributed by atoms with Gasteiger partial charge in [-0.1, -0.05) is 41.9 Å². The molecule has 5 heterocycles. The van der Waals surface area contributed by atoms with Gasteiger partial charge in [0.1, 0.15) is 35.6 Å². The van der Waals surface area contributed by atoms with E-state index in [1.165, 1.54) is 25.4 Å². The molecule has 0 radical (unpaired) electrons. The van der Waals surface area contributed by atoms with Crippen molar-refractivity contribution in [2.24, 2.45) is 10.9 Å². The van der Waals surface area contributed by atoms with Crippen molar-refractivity contribution < 1.29 is 51.1 Å². The SMILES string of the molecule is COc1ccc(CN(Cc2ccc(OC)cc2)c2cc(C)c(C(F)(F)F)c(-c3c(F)c4c5c(c3Cl)=NCNC=5N(C(C)c3cccnc3NC(=O)O)C=C(OCC3CCOCC3)O4)n2)cc1. The number of carbonyl (C=O) groups is 1. The van der Waals surface area contributed by atoms with Gasteiger partial charge in [-0.05, 0) is 85.7 Å². The van der Waals surface area contributed by atoms with Crippen LogP contribution in [0.1, 0.15) is 53.6 Å². The van der Waals surface area contributed by atoms with Gasteiger partial charge in [-0.3, -0.25) is 10.3 Å². The molecule has 1 unspecified atom stereocenters. The smallest absolute Gasteiger partial charge is 0.418 e. The van der Waals surface area contributed by atoms with Gasteiger partial charge in [-0.25, -0.2) is 19.2 Å². The zero-order valence-electron chi connectivity index (χ0n) is 36.3. The third kappa shape index (κ3) is 9.60. The van der Waals surface area contributed by atoms with E-state index in [1.54, 1.807) is 67.3 Å². The van der Waals surface area contributed by atoms with Crippen LogP contribution in [0.25, 0.3) is 17.1 Å². The summed E-state index contributed by atoms with van der Waals surface area (Å²) < 4.78 is 93.1. The highest BCUT2D eigenvalue weighted by Crippen LogP contribution is 2.44.